The molecule has 1 aromatic carbocycles. The van der Waals surface area contributed by atoms with E-state index in [4.69, 9.17) is 14.2 Å². The molecule has 1 fully saturated rings. The average molecular weight is 348 g/mol. The van der Waals surface area contributed by atoms with Crippen LogP contribution >= 0.6 is 11.3 Å². The van der Waals surface area contributed by atoms with Crippen molar-refractivity contribution < 1.29 is 19.0 Å². The Morgan fingerprint density at radius 3 is 2.92 bits per heavy atom. The SMILES string of the molecule is COc1ccc(-c2nc(C(=O)NC[C@@H]3CCOC3)cs2)cc1OC. The minimum Gasteiger partial charge on any atom is -0.493 e. The number of carbonyl (C=O) groups excluding carboxylic acids is 1. The number of thiazole rings is 1. The van der Waals surface area contributed by atoms with Gasteiger partial charge in [0.25, 0.3) is 5.91 Å². The molecule has 3 rings (SSSR count). The Balaban J connectivity index is 1.69. The summed E-state index contributed by atoms with van der Waals surface area (Å²) in [6, 6.07) is 5.59. The molecule has 6 nitrogen and oxygen atoms in total. The second-order valence-corrected chi connectivity index (χ2v) is 6.41. The number of rotatable bonds is 6. The number of amides is 1. The molecule has 1 atom stereocenters. The molecular formula is C17H20N2O4S. The first-order chi connectivity index (χ1) is 11.7. The van der Waals surface area contributed by atoms with Crippen LogP contribution in [0.15, 0.2) is 23.6 Å². The first-order valence-corrected chi connectivity index (χ1v) is 8.63. The van der Waals surface area contributed by atoms with E-state index in [1.807, 2.05) is 18.2 Å². The molecule has 0 saturated carbocycles. The van der Waals surface area contributed by atoms with Gasteiger partial charge >= 0.3 is 0 Å². The van der Waals surface area contributed by atoms with Crippen molar-refractivity contribution in [2.24, 2.45) is 5.92 Å². The number of nitrogens with zero attached hydrogens (tertiary/aromatic N) is 1. The molecule has 7 heteroatoms. The van der Waals surface area contributed by atoms with Crippen LogP contribution in [0.1, 0.15) is 16.9 Å². The van der Waals surface area contributed by atoms with Gasteiger partial charge in [-0.1, -0.05) is 0 Å². The van der Waals surface area contributed by atoms with Crippen molar-refractivity contribution in [2.75, 3.05) is 34.0 Å². The third-order valence-electron chi connectivity index (χ3n) is 3.94. The summed E-state index contributed by atoms with van der Waals surface area (Å²) in [5.41, 5.74) is 1.32. The quantitative estimate of drug-likeness (QED) is 0.869. The first kappa shape index (κ1) is 16.7. The van der Waals surface area contributed by atoms with Gasteiger partial charge in [0.1, 0.15) is 10.7 Å². The fourth-order valence-corrected chi connectivity index (χ4v) is 3.35. The molecule has 1 aliphatic rings. The van der Waals surface area contributed by atoms with E-state index in [1.165, 1.54) is 11.3 Å². The normalized spacial score (nSPS) is 16.8. The molecule has 1 amide bonds. The Kier molecular flexibility index (Phi) is 5.32. The highest BCUT2D eigenvalue weighted by molar-refractivity contribution is 7.13. The predicted octanol–water partition coefficient (Wildman–Crippen LogP) is 2.59. The van der Waals surface area contributed by atoms with Gasteiger partial charge in [0, 0.05) is 30.0 Å². The molecule has 2 heterocycles. The van der Waals surface area contributed by atoms with Crippen molar-refractivity contribution in [3.63, 3.8) is 0 Å². The Hall–Kier alpha value is -2.12. The molecule has 1 saturated heterocycles. The highest BCUT2D eigenvalue weighted by Gasteiger charge is 2.18. The van der Waals surface area contributed by atoms with Crippen LogP contribution in [0.25, 0.3) is 10.6 Å². The van der Waals surface area contributed by atoms with Crippen molar-refractivity contribution in [2.45, 2.75) is 6.42 Å². The zero-order valence-corrected chi connectivity index (χ0v) is 14.5. The number of ether oxygens (including phenoxy) is 3. The molecule has 0 radical (unpaired) electrons. The van der Waals surface area contributed by atoms with Crippen molar-refractivity contribution in [3.8, 4) is 22.1 Å². The van der Waals surface area contributed by atoms with E-state index in [2.05, 4.69) is 10.3 Å². The Labute approximate surface area is 144 Å². The van der Waals surface area contributed by atoms with Gasteiger partial charge in [-0.25, -0.2) is 4.98 Å². The number of aromatic nitrogens is 1. The lowest BCUT2D eigenvalue weighted by Crippen LogP contribution is -2.29. The van der Waals surface area contributed by atoms with Gasteiger partial charge in [0.2, 0.25) is 0 Å². The molecule has 0 unspecified atom stereocenters. The predicted molar refractivity (Wildman–Crippen MR) is 91.9 cm³/mol. The van der Waals surface area contributed by atoms with Crippen LogP contribution in [0, 0.1) is 5.92 Å². The largest absolute Gasteiger partial charge is 0.493 e. The van der Waals surface area contributed by atoms with Crippen LogP contribution in [-0.2, 0) is 4.74 Å². The maximum atomic E-state index is 12.2. The standard InChI is InChI=1S/C17H20N2O4S/c1-21-14-4-3-12(7-15(14)22-2)17-19-13(10-24-17)16(20)18-8-11-5-6-23-9-11/h3-4,7,10-11H,5-6,8-9H2,1-2H3,(H,18,20)/t11-/m0/s1. The first-order valence-electron chi connectivity index (χ1n) is 7.75. The van der Waals surface area contributed by atoms with Crippen molar-refractivity contribution in [1.82, 2.24) is 10.3 Å². The second-order valence-electron chi connectivity index (χ2n) is 5.55. The minimum atomic E-state index is -0.148. The van der Waals surface area contributed by atoms with Crippen molar-refractivity contribution in [3.05, 3.63) is 29.3 Å². The maximum Gasteiger partial charge on any atom is 0.270 e. The average Bonchev–Trinajstić information content (AvgIpc) is 3.30. The van der Waals surface area contributed by atoms with Gasteiger partial charge in [0.15, 0.2) is 11.5 Å². The van der Waals surface area contributed by atoms with Crippen LogP contribution in [0.3, 0.4) is 0 Å². The molecule has 1 N–H and O–H groups in total. The lowest BCUT2D eigenvalue weighted by Gasteiger charge is -2.08. The zero-order valence-electron chi connectivity index (χ0n) is 13.7. The summed E-state index contributed by atoms with van der Waals surface area (Å²) in [5, 5.41) is 5.47. The topological polar surface area (TPSA) is 69.7 Å². The molecule has 1 aliphatic heterocycles. The van der Waals surface area contributed by atoms with Crippen molar-refractivity contribution >= 4 is 17.2 Å². The molecular weight excluding hydrogens is 328 g/mol. The molecule has 1 aromatic heterocycles. The number of carbonyl (C=O) groups is 1. The highest BCUT2D eigenvalue weighted by Crippen LogP contribution is 2.33. The summed E-state index contributed by atoms with van der Waals surface area (Å²) in [7, 11) is 3.19. The Morgan fingerprint density at radius 2 is 2.21 bits per heavy atom. The number of hydrogen-bond acceptors (Lipinski definition) is 6. The monoisotopic (exact) mass is 348 g/mol. The Morgan fingerprint density at radius 1 is 1.38 bits per heavy atom. The molecule has 0 spiro atoms. The zero-order chi connectivity index (χ0) is 16.9. The molecule has 0 bridgehead atoms. The fraction of sp³-hybridized carbons (Fsp3) is 0.412. The summed E-state index contributed by atoms with van der Waals surface area (Å²) >= 11 is 1.43. The van der Waals surface area contributed by atoms with Gasteiger partial charge in [-0.15, -0.1) is 11.3 Å². The summed E-state index contributed by atoms with van der Waals surface area (Å²) in [5.74, 6) is 1.55. The molecule has 2 aromatic rings. The van der Waals surface area contributed by atoms with E-state index in [1.54, 1.807) is 19.6 Å². The summed E-state index contributed by atoms with van der Waals surface area (Å²) in [6.07, 6.45) is 0.994. The molecule has 0 aliphatic carbocycles. The number of hydrogen-bond donors (Lipinski definition) is 1. The van der Waals surface area contributed by atoms with Gasteiger partial charge < -0.3 is 19.5 Å². The van der Waals surface area contributed by atoms with Crippen molar-refractivity contribution in [1.29, 1.82) is 0 Å². The highest BCUT2D eigenvalue weighted by atomic mass is 32.1. The van der Waals surface area contributed by atoms with Gasteiger partial charge in [0.05, 0.1) is 20.8 Å². The van der Waals surface area contributed by atoms with Gasteiger partial charge in [-0.2, -0.15) is 0 Å². The fourth-order valence-electron chi connectivity index (χ4n) is 2.55. The van der Waals surface area contributed by atoms with Crippen LogP contribution < -0.4 is 14.8 Å². The minimum absolute atomic E-state index is 0.148. The number of benzene rings is 1. The summed E-state index contributed by atoms with van der Waals surface area (Å²) in [6.45, 7) is 2.12. The molecule has 128 valence electrons. The van der Waals surface area contributed by atoms with Crippen LogP contribution in [-0.4, -0.2) is 44.9 Å². The van der Waals surface area contributed by atoms with Crippen LogP contribution in [0.5, 0.6) is 11.5 Å². The van der Waals surface area contributed by atoms with E-state index in [9.17, 15) is 4.79 Å². The summed E-state index contributed by atoms with van der Waals surface area (Å²) in [4.78, 5) is 16.7. The number of nitrogens with one attached hydrogen (secondary N) is 1. The van der Waals surface area contributed by atoms with E-state index in [-0.39, 0.29) is 5.91 Å². The van der Waals surface area contributed by atoms with E-state index < -0.39 is 0 Å². The second kappa shape index (κ2) is 7.63. The third kappa shape index (κ3) is 3.68. The van der Waals surface area contributed by atoms with E-state index in [0.29, 0.717) is 36.3 Å². The lowest BCUT2D eigenvalue weighted by molar-refractivity contribution is 0.0941. The summed E-state index contributed by atoms with van der Waals surface area (Å²) < 4.78 is 15.9. The Bertz CT molecular complexity index is 710. The third-order valence-corrected chi connectivity index (χ3v) is 4.83. The smallest absolute Gasteiger partial charge is 0.270 e. The molecule has 24 heavy (non-hydrogen) atoms. The maximum absolute atomic E-state index is 12.2. The number of methoxy groups -OCH3 is 2. The lowest BCUT2D eigenvalue weighted by atomic mass is 10.1. The van der Waals surface area contributed by atoms with Crippen LogP contribution in [0.2, 0.25) is 0 Å². The van der Waals surface area contributed by atoms with Gasteiger partial charge in [-0.3, -0.25) is 4.79 Å². The van der Waals surface area contributed by atoms with E-state index >= 15 is 0 Å². The van der Waals surface area contributed by atoms with Crippen LogP contribution in [0.4, 0.5) is 0 Å². The van der Waals surface area contributed by atoms with Gasteiger partial charge in [-0.05, 0) is 24.6 Å². The van der Waals surface area contributed by atoms with E-state index in [0.717, 1.165) is 23.6 Å².